The van der Waals surface area contributed by atoms with Gasteiger partial charge in [0.2, 0.25) is 59.1 Å². The number of likely N-dealkylation sites (tertiary alicyclic amines) is 2. The van der Waals surface area contributed by atoms with Gasteiger partial charge in [0.15, 0.2) is 0 Å². The second-order valence-corrected chi connectivity index (χ2v) is 32.0. The monoisotopic (exact) mass is 1590 g/mol. The molecular weight excluding hydrogens is 1480 g/mol. The second kappa shape index (κ2) is 37.8. The fraction of sp³-hybridized carbons (Fsp3) is 0.732. The molecular formula is C71H108F5IN13O14-. The first-order chi connectivity index (χ1) is 48.7. The van der Waals surface area contributed by atoms with Crippen molar-refractivity contribution in [2.45, 2.75) is 191 Å². The maximum absolute atomic E-state index is 15.4. The molecule has 584 valence electrons. The van der Waals surface area contributed by atoms with Crippen molar-refractivity contribution in [2.75, 3.05) is 125 Å². The molecule has 6 rings (SSSR count). The van der Waals surface area contributed by atoms with Crippen LogP contribution in [0.5, 0.6) is 0 Å². The summed E-state index contributed by atoms with van der Waals surface area (Å²) in [5.74, 6) is -16.0. The average Bonchev–Trinajstić information content (AvgIpc) is 0.800. The quantitative estimate of drug-likeness (QED) is 0.119. The first kappa shape index (κ1) is 85.6. The van der Waals surface area contributed by atoms with Crippen molar-refractivity contribution < 1.29 is 110 Å². The normalized spacial score (nSPS) is 26.4. The SMILES string of the molecule is CC[C@H](C)[C@@H]1NC(=O)[C@H](C)N(C)C(=O)C[C@@H](C(=O)N2CCCCC2)N(C)C(=O)[C@H](C(C)C)N(C)C(=O)[C@H](COC)NC(=O)[C@H](CC(=O)N2CC(F)(F)C2)N(C)C(=O)[C@H](CCc2ccc(C(F)(F)F)c(C3C[I-]C3)c2)NC(=O)CN(C)C(=O)[C@H](CC2CCCCC2)N(C)C(=O)CN(C)C(=O)CN(C)C1=O. The van der Waals surface area contributed by atoms with Crippen LogP contribution >= 0.6 is 0 Å². The Labute approximate surface area is 617 Å². The van der Waals surface area contributed by atoms with Crippen LogP contribution in [0.1, 0.15) is 141 Å². The molecule has 33 heteroatoms. The predicted octanol–water partition coefficient (Wildman–Crippen LogP) is -0.589. The minimum absolute atomic E-state index is 0.0500. The molecule has 1 aromatic rings. The number of benzene rings is 1. The molecule has 0 aromatic heterocycles. The standard InChI is InChI=1S/C71H108F5IN13O14/c1-15-43(4)60-68(102)83(8)37-58(94)81(6)38-59(95)85(10)53(31-45-22-18-16-19-23-45)66(100)82(7)36-55(91)78-50(27-25-46-24-26-49(71(74,75)76)48(30-46)47-34-77-35-47)64(98)86(11)52(32-57(93)90-40-70(72,73)41-90)63(97)79-51(39-104-14)65(99)88(13)61(42(2)3)69(103)87(12)54(67(101)89-28-20-17-21-29-89)33-56(92)84(9)44(5)62(96)80-60/h24,26,30,42-45,47,50-54,60-61H,15-23,25,27-29,31-41H2,1-14H3,(H,78,91)(H,79,97)(H,80,96)/q-1/t43-,44-,50-,51-,52-,53-,54-,60-,61-/m0/s1. The van der Waals surface area contributed by atoms with E-state index in [0.29, 0.717) is 46.8 Å². The molecule has 27 nitrogen and oxygen atoms in total. The summed E-state index contributed by atoms with van der Waals surface area (Å²) < 4.78 is 79.0. The Hall–Kier alpha value is -7.33. The molecule has 1 aliphatic carbocycles. The van der Waals surface area contributed by atoms with Crippen LogP contribution < -0.4 is 37.2 Å². The van der Waals surface area contributed by atoms with Gasteiger partial charge in [0.05, 0.1) is 39.2 Å². The summed E-state index contributed by atoms with van der Waals surface area (Å²) in [6.07, 6.45) is -0.250. The van der Waals surface area contributed by atoms with Gasteiger partial charge >= 0.3 is 178 Å². The van der Waals surface area contributed by atoms with Gasteiger partial charge in [0.1, 0.15) is 36.3 Å². The van der Waals surface area contributed by atoms with Gasteiger partial charge in [-0.1, -0.05) is 66.2 Å². The van der Waals surface area contributed by atoms with E-state index in [9.17, 15) is 65.1 Å². The molecule has 1 saturated carbocycles. The third-order valence-electron chi connectivity index (χ3n) is 21.1. The number of methoxy groups -OCH3 is 1. The van der Waals surface area contributed by atoms with Crippen molar-refractivity contribution >= 4 is 76.8 Å². The minimum atomic E-state index is -4.69. The van der Waals surface area contributed by atoms with Crippen LogP contribution in [0.25, 0.3) is 0 Å². The zero-order valence-electron chi connectivity index (χ0n) is 62.6. The number of amides is 13. The zero-order chi connectivity index (χ0) is 77.6. The Kier molecular flexibility index (Phi) is 31.1. The second-order valence-electron chi connectivity index (χ2n) is 29.2. The predicted molar refractivity (Wildman–Crippen MR) is 368 cm³/mol. The van der Waals surface area contributed by atoms with Gasteiger partial charge in [-0.2, -0.15) is 0 Å². The third kappa shape index (κ3) is 22.1. The van der Waals surface area contributed by atoms with E-state index in [1.54, 1.807) is 27.7 Å². The van der Waals surface area contributed by atoms with Gasteiger partial charge < -0.3 is 54.6 Å². The van der Waals surface area contributed by atoms with Crippen LogP contribution in [0.2, 0.25) is 0 Å². The number of halogens is 6. The number of nitrogens with one attached hydrogen (secondary N) is 3. The van der Waals surface area contributed by atoms with Crippen molar-refractivity contribution in [3.05, 3.63) is 34.9 Å². The number of carbonyl (C=O) groups excluding carboxylic acids is 13. The first-order valence-electron chi connectivity index (χ1n) is 35.9. The Bertz CT molecular complexity index is 3270. The molecule has 3 N–H and O–H groups in total. The van der Waals surface area contributed by atoms with E-state index in [0.717, 1.165) is 90.8 Å². The molecule has 0 spiro atoms. The first-order valence-corrected chi connectivity index (χ1v) is 38.9. The minimum Gasteiger partial charge on any atom is -0.335 e. The molecule has 5 aliphatic rings. The number of hydrogen-bond donors (Lipinski definition) is 3. The topological polar surface area (TPSA) is 300 Å². The van der Waals surface area contributed by atoms with E-state index in [1.807, 2.05) is 0 Å². The zero-order valence-corrected chi connectivity index (χ0v) is 64.7. The van der Waals surface area contributed by atoms with Gasteiger partial charge in [0.25, 0.3) is 5.92 Å². The molecule has 4 aliphatic heterocycles. The van der Waals surface area contributed by atoms with E-state index >= 15 is 19.2 Å². The van der Waals surface area contributed by atoms with Crippen molar-refractivity contribution in [2.24, 2.45) is 17.8 Å². The maximum atomic E-state index is 15.4. The van der Waals surface area contributed by atoms with Crippen LogP contribution in [0.4, 0.5) is 22.0 Å². The molecule has 1 aromatic carbocycles. The Balaban J connectivity index is 1.45. The number of aryl methyl sites for hydroxylation is 1. The number of ether oxygens (including phenoxy) is 1. The summed E-state index contributed by atoms with van der Waals surface area (Å²) in [6, 6.07) is -8.56. The number of rotatable bonds is 14. The molecule has 4 saturated heterocycles. The van der Waals surface area contributed by atoms with Crippen LogP contribution in [-0.4, -0.2) is 305 Å². The Morgan fingerprint density at radius 1 is 0.644 bits per heavy atom. The van der Waals surface area contributed by atoms with Crippen molar-refractivity contribution in [1.82, 2.24) is 64.9 Å². The molecule has 4 heterocycles. The van der Waals surface area contributed by atoms with Crippen molar-refractivity contribution in [3.63, 3.8) is 0 Å². The summed E-state index contributed by atoms with van der Waals surface area (Å²) in [5.41, 5.74) is -0.404. The smallest absolute Gasteiger partial charge is 0.335 e. The average molecular weight is 1590 g/mol. The molecule has 104 heavy (non-hydrogen) atoms. The van der Waals surface area contributed by atoms with Crippen LogP contribution in [0, 0.1) is 17.8 Å². The number of alkyl halides is 7. The Morgan fingerprint density at radius 2 is 1.24 bits per heavy atom. The van der Waals surface area contributed by atoms with Crippen molar-refractivity contribution in [1.29, 1.82) is 0 Å². The molecule has 9 atom stereocenters. The molecule has 0 bridgehead atoms. The van der Waals surface area contributed by atoms with E-state index in [2.05, 4.69) is 16.0 Å². The number of carbonyl (C=O) groups is 13. The van der Waals surface area contributed by atoms with E-state index in [1.165, 1.54) is 85.3 Å². The van der Waals surface area contributed by atoms with Gasteiger partial charge in [-0.25, -0.2) is 8.78 Å². The number of piperidine rings is 1. The summed E-state index contributed by atoms with van der Waals surface area (Å²) in [5, 5.41) is 7.93. The van der Waals surface area contributed by atoms with Crippen LogP contribution in [0.15, 0.2) is 18.2 Å². The fourth-order valence-electron chi connectivity index (χ4n) is 13.9. The van der Waals surface area contributed by atoms with Crippen LogP contribution in [-0.2, 0) is 79.7 Å². The Morgan fingerprint density at radius 3 is 1.81 bits per heavy atom. The number of nitrogens with zero attached hydrogens (tertiary/aromatic N) is 10. The van der Waals surface area contributed by atoms with Gasteiger partial charge in [-0.05, 0) is 50.4 Å². The number of likely N-dealkylation sites (N-methyl/N-ethyl adjacent to an activating group) is 8. The summed E-state index contributed by atoms with van der Waals surface area (Å²) >= 11 is -0.298. The molecule has 0 radical (unpaired) electrons. The number of hydrogen-bond acceptors (Lipinski definition) is 14. The summed E-state index contributed by atoms with van der Waals surface area (Å²) in [4.78, 5) is 201. The van der Waals surface area contributed by atoms with Crippen molar-refractivity contribution in [3.8, 4) is 0 Å². The van der Waals surface area contributed by atoms with Crippen LogP contribution in [0.3, 0.4) is 0 Å². The summed E-state index contributed by atoms with van der Waals surface area (Å²) in [7, 11) is 11.5. The summed E-state index contributed by atoms with van der Waals surface area (Å²) in [6.45, 7) is 4.07. The molecule has 5 fully saturated rings. The molecule has 0 unspecified atom stereocenters. The van der Waals surface area contributed by atoms with E-state index < -0.39 is 207 Å². The van der Waals surface area contributed by atoms with E-state index in [-0.39, 0.29) is 57.9 Å². The van der Waals surface area contributed by atoms with Gasteiger partial charge in [-0.3, -0.25) is 52.7 Å². The van der Waals surface area contributed by atoms with Gasteiger partial charge in [0, 0.05) is 69.5 Å². The van der Waals surface area contributed by atoms with Gasteiger partial charge in [-0.15, -0.1) is 0 Å². The third-order valence-corrected chi connectivity index (χ3v) is 24.5. The fourth-order valence-corrected chi connectivity index (χ4v) is 16.1. The molecule has 13 amide bonds. The van der Waals surface area contributed by atoms with E-state index in [4.69, 9.17) is 4.74 Å².